The molecule has 5 nitrogen and oxygen atoms in total. The molecule has 0 radical (unpaired) electrons. The van der Waals surface area contributed by atoms with Crippen LogP contribution in [0.25, 0.3) is 0 Å². The van der Waals surface area contributed by atoms with E-state index in [0.717, 1.165) is 0 Å². The van der Waals surface area contributed by atoms with Crippen LogP contribution in [0, 0.1) is 5.92 Å². The van der Waals surface area contributed by atoms with Crippen LogP contribution in [0.5, 0.6) is 0 Å². The van der Waals surface area contributed by atoms with Crippen LogP contribution in [0.15, 0.2) is 0 Å². The van der Waals surface area contributed by atoms with Crippen molar-refractivity contribution in [2.45, 2.75) is 52.6 Å². The molecule has 1 heterocycles. The number of amides is 1. The molecule has 1 rings (SSSR count). The van der Waals surface area contributed by atoms with Gasteiger partial charge in [-0.05, 0) is 34.6 Å². The fraction of sp³-hybridized carbons (Fsp3) is 0.769. The zero-order valence-corrected chi connectivity index (χ0v) is 11.6. The van der Waals surface area contributed by atoms with Gasteiger partial charge in [0.2, 0.25) is 5.91 Å². The maximum absolute atomic E-state index is 12.0. The molecule has 5 heteroatoms. The molecule has 2 unspecified atom stereocenters. The summed E-state index contributed by atoms with van der Waals surface area (Å²) < 4.78 is 4.88. The van der Waals surface area contributed by atoms with E-state index < -0.39 is 5.92 Å². The van der Waals surface area contributed by atoms with Gasteiger partial charge in [-0.25, -0.2) is 0 Å². The Hall–Kier alpha value is -1.39. The highest BCUT2D eigenvalue weighted by Gasteiger charge is 2.54. The number of carbonyl (C=O) groups excluding carboxylic acids is 3. The fourth-order valence-electron chi connectivity index (χ4n) is 2.42. The van der Waals surface area contributed by atoms with Gasteiger partial charge in [0.05, 0.1) is 19.1 Å². The Morgan fingerprint density at radius 2 is 1.89 bits per heavy atom. The zero-order valence-electron chi connectivity index (χ0n) is 11.6. The van der Waals surface area contributed by atoms with Crippen molar-refractivity contribution in [1.82, 2.24) is 4.90 Å². The fourth-order valence-corrected chi connectivity index (χ4v) is 2.42. The van der Waals surface area contributed by atoms with E-state index in [0.29, 0.717) is 6.61 Å². The van der Waals surface area contributed by atoms with E-state index in [9.17, 15) is 14.4 Å². The Kier molecular flexibility index (Phi) is 4.14. The highest BCUT2D eigenvalue weighted by atomic mass is 16.5. The molecule has 0 aliphatic carbocycles. The largest absolute Gasteiger partial charge is 0.466 e. The first-order chi connectivity index (χ1) is 8.20. The number of Topliss-reactive ketones (excluding diaryl/α,β-unsaturated/α-hetero) is 1. The topological polar surface area (TPSA) is 63.7 Å². The number of ketones is 1. The van der Waals surface area contributed by atoms with Gasteiger partial charge in [0.1, 0.15) is 11.7 Å². The Morgan fingerprint density at radius 1 is 1.33 bits per heavy atom. The van der Waals surface area contributed by atoms with E-state index in [1.807, 2.05) is 20.8 Å². The van der Waals surface area contributed by atoms with Crippen LogP contribution >= 0.6 is 0 Å². The Balaban J connectivity index is 2.84. The van der Waals surface area contributed by atoms with E-state index in [1.165, 1.54) is 6.92 Å². The number of hydrogen-bond acceptors (Lipinski definition) is 4. The first-order valence-corrected chi connectivity index (χ1v) is 6.19. The Morgan fingerprint density at radius 3 is 2.28 bits per heavy atom. The van der Waals surface area contributed by atoms with Gasteiger partial charge in [-0.3, -0.25) is 14.4 Å². The third kappa shape index (κ3) is 2.71. The number of hydrogen-bond donors (Lipinski definition) is 0. The van der Waals surface area contributed by atoms with Crippen LogP contribution in [0.1, 0.15) is 41.0 Å². The van der Waals surface area contributed by atoms with Crippen LogP contribution in [0.4, 0.5) is 0 Å². The van der Waals surface area contributed by atoms with Gasteiger partial charge >= 0.3 is 5.97 Å². The first-order valence-electron chi connectivity index (χ1n) is 6.19. The molecule has 0 spiro atoms. The third-order valence-corrected chi connectivity index (χ3v) is 3.06. The number of esters is 1. The molecular weight excluding hydrogens is 234 g/mol. The Labute approximate surface area is 107 Å². The lowest BCUT2D eigenvalue weighted by Gasteiger charge is -2.52. The molecule has 0 aromatic rings. The summed E-state index contributed by atoms with van der Waals surface area (Å²) in [5, 5.41) is 0. The molecule has 0 aromatic carbocycles. The van der Waals surface area contributed by atoms with E-state index in [1.54, 1.807) is 11.8 Å². The summed E-state index contributed by atoms with van der Waals surface area (Å²) in [5.74, 6) is -1.43. The van der Waals surface area contributed by atoms with Gasteiger partial charge in [-0.2, -0.15) is 0 Å². The minimum Gasteiger partial charge on any atom is -0.466 e. The van der Waals surface area contributed by atoms with E-state index >= 15 is 0 Å². The normalized spacial score (nSPS) is 23.6. The van der Waals surface area contributed by atoms with Crippen molar-refractivity contribution in [3.8, 4) is 0 Å². The van der Waals surface area contributed by atoms with Crippen LogP contribution in [-0.2, 0) is 19.1 Å². The second kappa shape index (κ2) is 5.08. The molecular formula is C13H21NO4. The molecule has 0 saturated carbocycles. The molecule has 1 saturated heterocycles. The maximum atomic E-state index is 12.0. The number of nitrogens with zero attached hydrogens (tertiary/aromatic N) is 1. The second-order valence-corrected chi connectivity index (χ2v) is 5.54. The summed E-state index contributed by atoms with van der Waals surface area (Å²) >= 11 is 0. The number of rotatable bonds is 4. The van der Waals surface area contributed by atoms with Gasteiger partial charge in [0.15, 0.2) is 0 Å². The van der Waals surface area contributed by atoms with Gasteiger partial charge in [0, 0.05) is 5.54 Å². The average Bonchev–Trinajstić information content (AvgIpc) is 2.13. The van der Waals surface area contributed by atoms with Crippen LogP contribution < -0.4 is 0 Å². The number of likely N-dealkylation sites (tertiary alicyclic amines) is 1. The minimum absolute atomic E-state index is 0.0844. The highest BCUT2D eigenvalue weighted by Crippen LogP contribution is 2.36. The molecule has 0 N–H and O–H groups in total. The van der Waals surface area contributed by atoms with Crippen molar-refractivity contribution in [2.24, 2.45) is 5.92 Å². The van der Waals surface area contributed by atoms with E-state index in [2.05, 4.69) is 0 Å². The third-order valence-electron chi connectivity index (χ3n) is 3.06. The standard InChI is InChI=1S/C13H21NO4/c1-6-18-10(16)7-9-11(8(2)15)12(17)14(9)13(3,4)5/h9,11H,6-7H2,1-5H3. The molecule has 1 aliphatic rings. The summed E-state index contributed by atoms with van der Waals surface area (Å²) in [4.78, 5) is 36.5. The van der Waals surface area contributed by atoms with E-state index in [4.69, 9.17) is 4.74 Å². The van der Waals surface area contributed by atoms with Crippen molar-refractivity contribution in [3.05, 3.63) is 0 Å². The zero-order chi connectivity index (χ0) is 14.1. The number of β-lactam (4-membered cyclic amide) rings is 1. The summed E-state index contributed by atoms with van der Waals surface area (Å²) in [6, 6.07) is -0.367. The monoisotopic (exact) mass is 255 g/mol. The quantitative estimate of drug-likeness (QED) is 0.429. The van der Waals surface area contributed by atoms with Gasteiger partial charge in [-0.15, -0.1) is 0 Å². The van der Waals surface area contributed by atoms with Crippen LogP contribution in [0.3, 0.4) is 0 Å². The SMILES string of the molecule is CCOC(=O)CC1C(C(C)=O)C(=O)N1C(C)(C)C. The molecule has 0 bridgehead atoms. The lowest BCUT2D eigenvalue weighted by atomic mass is 9.78. The summed E-state index contributed by atoms with van der Waals surface area (Å²) in [6.07, 6.45) is 0.0844. The summed E-state index contributed by atoms with van der Waals surface area (Å²) in [5.41, 5.74) is -0.389. The van der Waals surface area contributed by atoms with Crippen molar-refractivity contribution in [2.75, 3.05) is 6.61 Å². The molecule has 0 aromatic heterocycles. The number of carbonyl (C=O) groups is 3. The predicted molar refractivity (Wildman–Crippen MR) is 65.8 cm³/mol. The van der Waals surface area contributed by atoms with Crippen LogP contribution in [0.2, 0.25) is 0 Å². The summed E-state index contributed by atoms with van der Waals surface area (Å²) in [6.45, 7) is 9.09. The smallest absolute Gasteiger partial charge is 0.307 e. The lowest BCUT2D eigenvalue weighted by molar-refractivity contribution is -0.172. The van der Waals surface area contributed by atoms with Crippen molar-refractivity contribution < 1.29 is 19.1 Å². The first kappa shape index (κ1) is 14.7. The van der Waals surface area contributed by atoms with Gasteiger partial charge in [-0.1, -0.05) is 0 Å². The molecule has 1 amide bonds. The summed E-state index contributed by atoms with van der Waals surface area (Å²) in [7, 11) is 0. The second-order valence-electron chi connectivity index (χ2n) is 5.54. The predicted octanol–water partition coefficient (Wildman–Crippen LogP) is 1.15. The molecule has 2 atom stereocenters. The molecule has 102 valence electrons. The lowest BCUT2D eigenvalue weighted by Crippen LogP contribution is -2.69. The van der Waals surface area contributed by atoms with Gasteiger partial charge < -0.3 is 9.64 Å². The molecule has 1 aliphatic heterocycles. The van der Waals surface area contributed by atoms with Gasteiger partial charge in [0.25, 0.3) is 0 Å². The van der Waals surface area contributed by atoms with Crippen molar-refractivity contribution in [3.63, 3.8) is 0 Å². The minimum atomic E-state index is -0.686. The van der Waals surface area contributed by atoms with Crippen LogP contribution in [-0.4, -0.2) is 40.7 Å². The van der Waals surface area contributed by atoms with Crippen molar-refractivity contribution in [1.29, 1.82) is 0 Å². The van der Waals surface area contributed by atoms with E-state index in [-0.39, 0.29) is 35.7 Å². The highest BCUT2D eigenvalue weighted by molar-refractivity contribution is 6.06. The maximum Gasteiger partial charge on any atom is 0.307 e. The molecule has 18 heavy (non-hydrogen) atoms. The Bertz CT molecular complexity index is 370. The average molecular weight is 255 g/mol. The number of ether oxygens (including phenoxy) is 1. The van der Waals surface area contributed by atoms with Crippen molar-refractivity contribution >= 4 is 17.7 Å². The molecule has 1 fully saturated rings.